The lowest BCUT2D eigenvalue weighted by Crippen LogP contribution is -2.49. The molecule has 1 saturated heterocycles. The molecule has 0 saturated carbocycles. The van der Waals surface area contributed by atoms with Crippen LogP contribution in [0.15, 0.2) is 29.2 Å². The third-order valence-electron chi connectivity index (χ3n) is 3.26. The van der Waals surface area contributed by atoms with Gasteiger partial charge in [0.1, 0.15) is 4.90 Å². The number of benzene rings is 1. The summed E-state index contributed by atoms with van der Waals surface area (Å²) < 4.78 is 27.5. The van der Waals surface area contributed by atoms with Gasteiger partial charge in [-0.3, -0.25) is 0 Å². The van der Waals surface area contributed by atoms with Crippen molar-refractivity contribution in [3.05, 3.63) is 24.3 Å². The van der Waals surface area contributed by atoms with E-state index in [1.807, 2.05) is 26.0 Å². The van der Waals surface area contributed by atoms with Crippen molar-refractivity contribution in [2.75, 3.05) is 24.5 Å². The Bertz CT molecular complexity index is 557. The van der Waals surface area contributed by atoms with Crippen molar-refractivity contribution in [1.29, 1.82) is 0 Å². The van der Waals surface area contributed by atoms with Crippen LogP contribution in [0, 0.1) is 0 Å². The van der Waals surface area contributed by atoms with Crippen LogP contribution in [0.5, 0.6) is 0 Å². The molecule has 6 heteroatoms. The molecule has 0 aliphatic carbocycles. The molecule has 112 valence electrons. The molecule has 1 aliphatic rings. The van der Waals surface area contributed by atoms with Gasteiger partial charge in [0, 0.05) is 31.7 Å². The van der Waals surface area contributed by atoms with Crippen LogP contribution >= 0.6 is 0 Å². The zero-order valence-electron chi connectivity index (χ0n) is 12.3. The second-order valence-electron chi connectivity index (χ2n) is 5.54. The number of anilines is 1. The van der Waals surface area contributed by atoms with Gasteiger partial charge in [-0.25, -0.2) is 13.1 Å². The number of para-hydroxylation sites is 1. The molecule has 1 fully saturated rings. The summed E-state index contributed by atoms with van der Waals surface area (Å²) in [7, 11) is -3.47. The van der Waals surface area contributed by atoms with Crippen LogP contribution in [0.1, 0.15) is 20.8 Å². The van der Waals surface area contributed by atoms with Crippen molar-refractivity contribution in [3.63, 3.8) is 0 Å². The van der Waals surface area contributed by atoms with Crippen LogP contribution in [0.4, 0.5) is 5.69 Å². The Morgan fingerprint density at radius 2 is 2.05 bits per heavy atom. The fraction of sp³-hybridized carbons (Fsp3) is 0.571. The maximum atomic E-state index is 12.4. The van der Waals surface area contributed by atoms with E-state index in [1.165, 1.54) is 0 Å². The van der Waals surface area contributed by atoms with Gasteiger partial charge in [-0.05, 0) is 32.9 Å². The number of nitrogens with one attached hydrogen (secondary N) is 2. The number of piperazine rings is 1. The van der Waals surface area contributed by atoms with E-state index < -0.39 is 10.0 Å². The third kappa shape index (κ3) is 3.50. The first-order valence-electron chi connectivity index (χ1n) is 7.00. The monoisotopic (exact) mass is 297 g/mol. The van der Waals surface area contributed by atoms with Crippen molar-refractivity contribution in [2.45, 2.75) is 37.8 Å². The summed E-state index contributed by atoms with van der Waals surface area (Å²) in [4.78, 5) is 2.50. The van der Waals surface area contributed by atoms with E-state index in [9.17, 15) is 8.42 Å². The summed E-state index contributed by atoms with van der Waals surface area (Å²) in [6.07, 6.45) is 0. The molecule has 0 amide bonds. The molecule has 2 rings (SSSR count). The zero-order valence-corrected chi connectivity index (χ0v) is 13.1. The summed E-state index contributed by atoms with van der Waals surface area (Å²) in [5, 5.41) is 3.37. The molecule has 20 heavy (non-hydrogen) atoms. The van der Waals surface area contributed by atoms with Crippen LogP contribution in [-0.4, -0.2) is 40.1 Å². The highest BCUT2D eigenvalue weighted by atomic mass is 32.2. The van der Waals surface area contributed by atoms with E-state index in [0.29, 0.717) is 10.9 Å². The summed E-state index contributed by atoms with van der Waals surface area (Å²) in [6, 6.07) is 7.45. The topological polar surface area (TPSA) is 61.4 Å². The first-order valence-corrected chi connectivity index (χ1v) is 8.48. The fourth-order valence-corrected chi connectivity index (χ4v) is 3.95. The highest BCUT2D eigenvalue weighted by Crippen LogP contribution is 2.26. The lowest BCUT2D eigenvalue weighted by atomic mass is 10.2. The number of nitrogens with zero attached hydrogens (tertiary/aromatic N) is 1. The zero-order chi connectivity index (χ0) is 14.8. The minimum Gasteiger partial charge on any atom is -0.368 e. The molecule has 5 nitrogen and oxygen atoms in total. The Morgan fingerprint density at radius 3 is 2.70 bits per heavy atom. The molecule has 1 heterocycles. The van der Waals surface area contributed by atoms with Gasteiger partial charge in [0.05, 0.1) is 5.69 Å². The van der Waals surface area contributed by atoms with Gasteiger partial charge in [-0.2, -0.15) is 0 Å². The first-order chi connectivity index (χ1) is 9.40. The molecule has 1 aliphatic heterocycles. The number of sulfonamides is 1. The van der Waals surface area contributed by atoms with Crippen molar-refractivity contribution in [1.82, 2.24) is 10.0 Å². The summed E-state index contributed by atoms with van der Waals surface area (Å²) in [6.45, 7) is 8.26. The van der Waals surface area contributed by atoms with Gasteiger partial charge in [0.2, 0.25) is 10.0 Å². The highest BCUT2D eigenvalue weighted by molar-refractivity contribution is 7.89. The van der Waals surface area contributed by atoms with Crippen LogP contribution in [0.2, 0.25) is 0 Å². The average molecular weight is 297 g/mol. The lowest BCUT2D eigenvalue weighted by Gasteiger charge is -2.34. The van der Waals surface area contributed by atoms with Crippen molar-refractivity contribution in [2.24, 2.45) is 0 Å². The van der Waals surface area contributed by atoms with E-state index in [0.717, 1.165) is 25.3 Å². The second-order valence-corrected chi connectivity index (χ2v) is 7.23. The molecule has 0 unspecified atom stereocenters. The maximum absolute atomic E-state index is 12.4. The van der Waals surface area contributed by atoms with Gasteiger partial charge >= 0.3 is 0 Å². The minimum absolute atomic E-state index is 0.116. The van der Waals surface area contributed by atoms with E-state index in [4.69, 9.17) is 0 Å². The molecule has 0 spiro atoms. The van der Waals surface area contributed by atoms with Crippen molar-refractivity contribution >= 4 is 15.7 Å². The van der Waals surface area contributed by atoms with Crippen LogP contribution < -0.4 is 14.9 Å². The first kappa shape index (κ1) is 15.3. The summed E-state index contributed by atoms with van der Waals surface area (Å²) >= 11 is 0. The van der Waals surface area contributed by atoms with Gasteiger partial charge in [0.25, 0.3) is 0 Å². The van der Waals surface area contributed by atoms with Gasteiger partial charge in [-0.1, -0.05) is 12.1 Å². The predicted molar refractivity (Wildman–Crippen MR) is 81.6 cm³/mol. The van der Waals surface area contributed by atoms with Crippen molar-refractivity contribution in [3.8, 4) is 0 Å². The van der Waals surface area contributed by atoms with Gasteiger partial charge < -0.3 is 10.2 Å². The molecule has 1 aromatic carbocycles. The SMILES string of the molecule is CC(C)NS(=O)(=O)c1ccccc1N1CCN[C@H](C)C1. The van der Waals surface area contributed by atoms with Crippen LogP contribution in [0.3, 0.4) is 0 Å². The highest BCUT2D eigenvalue weighted by Gasteiger charge is 2.24. The van der Waals surface area contributed by atoms with Gasteiger partial charge in [0.15, 0.2) is 0 Å². The normalized spacial score (nSPS) is 20.4. The Balaban J connectivity index is 2.35. The number of hydrogen-bond acceptors (Lipinski definition) is 4. The average Bonchev–Trinajstić information content (AvgIpc) is 2.37. The standard InChI is InChI=1S/C14H23N3O2S/c1-11(2)16-20(18,19)14-7-5-4-6-13(14)17-9-8-15-12(3)10-17/h4-7,11-12,15-16H,8-10H2,1-3H3/t12-/m1/s1. The fourth-order valence-electron chi connectivity index (χ4n) is 2.47. The van der Waals surface area contributed by atoms with E-state index in [-0.39, 0.29) is 6.04 Å². The third-order valence-corrected chi connectivity index (χ3v) is 4.96. The Kier molecular flexibility index (Phi) is 4.67. The quantitative estimate of drug-likeness (QED) is 0.876. The Morgan fingerprint density at radius 1 is 1.35 bits per heavy atom. The summed E-state index contributed by atoms with van der Waals surface area (Å²) in [5.41, 5.74) is 0.786. The van der Waals surface area contributed by atoms with Crippen LogP contribution in [-0.2, 0) is 10.0 Å². The maximum Gasteiger partial charge on any atom is 0.242 e. The molecular formula is C14H23N3O2S. The predicted octanol–water partition coefficient (Wildman–Crippen LogP) is 1.17. The number of rotatable bonds is 4. The minimum atomic E-state index is -3.47. The Hall–Kier alpha value is -1.11. The van der Waals surface area contributed by atoms with Gasteiger partial charge in [-0.15, -0.1) is 0 Å². The smallest absolute Gasteiger partial charge is 0.242 e. The lowest BCUT2D eigenvalue weighted by molar-refractivity contribution is 0.482. The van der Waals surface area contributed by atoms with Crippen molar-refractivity contribution < 1.29 is 8.42 Å². The van der Waals surface area contributed by atoms with Crippen LogP contribution in [0.25, 0.3) is 0 Å². The second kappa shape index (κ2) is 6.11. The largest absolute Gasteiger partial charge is 0.368 e. The molecule has 0 aromatic heterocycles. The Labute approximate surface area is 121 Å². The number of hydrogen-bond donors (Lipinski definition) is 2. The van der Waals surface area contributed by atoms with E-state index in [1.54, 1.807) is 12.1 Å². The molecule has 0 radical (unpaired) electrons. The van der Waals surface area contributed by atoms with E-state index in [2.05, 4.69) is 21.9 Å². The molecular weight excluding hydrogens is 274 g/mol. The molecule has 1 atom stereocenters. The summed E-state index contributed by atoms with van der Waals surface area (Å²) in [5.74, 6) is 0. The molecule has 1 aromatic rings. The van der Waals surface area contributed by atoms with E-state index >= 15 is 0 Å². The molecule has 0 bridgehead atoms. The molecule has 2 N–H and O–H groups in total.